The summed E-state index contributed by atoms with van der Waals surface area (Å²) in [6, 6.07) is 7.82. The van der Waals surface area contributed by atoms with E-state index in [-0.39, 0.29) is 0 Å². The minimum Gasteiger partial charge on any atom is -0.369 e. The third kappa shape index (κ3) is 4.48. The van der Waals surface area contributed by atoms with Crippen molar-refractivity contribution in [3.8, 4) is 0 Å². The molecule has 0 spiro atoms. The van der Waals surface area contributed by atoms with Gasteiger partial charge in [-0.15, -0.1) is 5.10 Å². The summed E-state index contributed by atoms with van der Waals surface area (Å²) in [5, 5.41) is 14.2. The van der Waals surface area contributed by atoms with E-state index >= 15 is 0 Å². The Kier molecular flexibility index (Phi) is 5.09. The van der Waals surface area contributed by atoms with E-state index in [9.17, 15) is 0 Å². The van der Waals surface area contributed by atoms with Gasteiger partial charge >= 0.3 is 0 Å². The van der Waals surface area contributed by atoms with Gasteiger partial charge in [0, 0.05) is 16.7 Å². The number of benzene rings is 1. The normalized spacial score (nSPS) is 10.2. The summed E-state index contributed by atoms with van der Waals surface area (Å²) in [7, 11) is 0. The van der Waals surface area contributed by atoms with E-state index in [1.54, 1.807) is 6.20 Å². The molecule has 0 aliphatic heterocycles. The molecule has 100 valence electrons. The van der Waals surface area contributed by atoms with Crippen LogP contribution in [0.5, 0.6) is 0 Å². The lowest BCUT2D eigenvalue weighted by Gasteiger charge is -2.07. The first kappa shape index (κ1) is 13.7. The van der Waals surface area contributed by atoms with Gasteiger partial charge in [-0.3, -0.25) is 0 Å². The Morgan fingerprint density at radius 2 is 2.21 bits per heavy atom. The average molecular weight is 322 g/mol. The predicted octanol–water partition coefficient (Wildman–Crippen LogP) is 3.59. The Morgan fingerprint density at radius 3 is 3.00 bits per heavy atom. The fourth-order valence-electron chi connectivity index (χ4n) is 1.53. The topological polar surface area (TPSA) is 62.7 Å². The zero-order valence-electron chi connectivity index (χ0n) is 10.7. The van der Waals surface area contributed by atoms with Gasteiger partial charge in [0.25, 0.3) is 0 Å². The standard InChI is InChI=1S/C13H16BrN5/c1-2-3-7-15-12-9-16-19-13(18-12)17-11-6-4-5-10(14)8-11/h4-6,8-9H,2-3,7H2,1H3,(H2,15,17,18,19). The highest BCUT2D eigenvalue weighted by Crippen LogP contribution is 2.18. The van der Waals surface area contributed by atoms with Gasteiger partial charge < -0.3 is 10.6 Å². The van der Waals surface area contributed by atoms with Crippen LogP contribution in [0.1, 0.15) is 19.8 Å². The van der Waals surface area contributed by atoms with Crippen LogP contribution in [-0.2, 0) is 0 Å². The molecule has 0 saturated heterocycles. The van der Waals surface area contributed by atoms with Crippen molar-refractivity contribution in [2.24, 2.45) is 0 Å². The molecule has 0 aliphatic rings. The van der Waals surface area contributed by atoms with Gasteiger partial charge in [0.15, 0.2) is 5.82 Å². The quantitative estimate of drug-likeness (QED) is 0.796. The lowest BCUT2D eigenvalue weighted by Crippen LogP contribution is -2.06. The SMILES string of the molecule is CCCCNc1cnnc(Nc2cccc(Br)c2)n1. The molecule has 2 N–H and O–H groups in total. The molecule has 0 bridgehead atoms. The third-order valence-corrected chi connectivity index (χ3v) is 2.97. The van der Waals surface area contributed by atoms with Crippen molar-refractivity contribution in [2.75, 3.05) is 17.2 Å². The van der Waals surface area contributed by atoms with Crippen LogP contribution >= 0.6 is 15.9 Å². The van der Waals surface area contributed by atoms with Crippen LogP contribution in [0.3, 0.4) is 0 Å². The molecule has 6 heteroatoms. The monoisotopic (exact) mass is 321 g/mol. The van der Waals surface area contributed by atoms with Gasteiger partial charge in [0.05, 0.1) is 6.20 Å². The minimum absolute atomic E-state index is 0.486. The highest BCUT2D eigenvalue weighted by Gasteiger charge is 2.01. The summed E-state index contributed by atoms with van der Waals surface area (Å²) >= 11 is 3.42. The molecule has 0 aliphatic carbocycles. The third-order valence-electron chi connectivity index (χ3n) is 2.48. The van der Waals surface area contributed by atoms with E-state index in [0.717, 1.165) is 35.4 Å². The maximum Gasteiger partial charge on any atom is 0.249 e. The average Bonchev–Trinajstić information content (AvgIpc) is 2.39. The van der Waals surface area contributed by atoms with Crippen molar-refractivity contribution < 1.29 is 0 Å². The van der Waals surface area contributed by atoms with Crippen molar-refractivity contribution in [3.05, 3.63) is 34.9 Å². The molecule has 0 unspecified atom stereocenters. The van der Waals surface area contributed by atoms with Gasteiger partial charge in [-0.05, 0) is 24.6 Å². The van der Waals surface area contributed by atoms with Crippen LogP contribution < -0.4 is 10.6 Å². The van der Waals surface area contributed by atoms with Crippen LogP contribution in [0, 0.1) is 0 Å². The Bertz CT molecular complexity index is 532. The Morgan fingerprint density at radius 1 is 1.32 bits per heavy atom. The molecular formula is C13H16BrN5. The Balaban J connectivity index is 2.02. The number of hydrogen-bond donors (Lipinski definition) is 2. The molecule has 0 amide bonds. The molecule has 1 aromatic heterocycles. The molecule has 19 heavy (non-hydrogen) atoms. The molecule has 0 fully saturated rings. The zero-order chi connectivity index (χ0) is 13.5. The number of nitrogens with one attached hydrogen (secondary N) is 2. The Hall–Kier alpha value is -1.69. The molecule has 2 rings (SSSR count). The first-order valence-corrected chi connectivity index (χ1v) is 7.03. The number of anilines is 3. The number of aromatic nitrogens is 3. The summed E-state index contributed by atoms with van der Waals surface area (Å²) < 4.78 is 1.00. The van der Waals surface area contributed by atoms with Crippen molar-refractivity contribution in [1.29, 1.82) is 0 Å². The number of nitrogens with zero attached hydrogens (tertiary/aromatic N) is 3. The van der Waals surface area contributed by atoms with Crippen LogP contribution in [0.4, 0.5) is 17.5 Å². The van der Waals surface area contributed by atoms with Gasteiger partial charge in [0.2, 0.25) is 5.95 Å². The molecular weight excluding hydrogens is 306 g/mol. The van der Waals surface area contributed by atoms with E-state index in [0.29, 0.717) is 5.95 Å². The van der Waals surface area contributed by atoms with Crippen molar-refractivity contribution in [3.63, 3.8) is 0 Å². The van der Waals surface area contributed by atoms with Crippen molar-refractivity contribution >= 4 is 33.4 Å². The second kappa shape index (κ2) is 7.04. The molecule has 1 aromatic carbocycles. The lowest BCUT2D eigenvalue weighted by atomic mass is 10.3. The van der Waals surface area contributed by atoms with Crippen LogP contribution in [0.15, 0.2) is 34.9 Å². The number of hydrogen-bond acceptors (Lipinski definition) is 5. The van der Waals surface area contributed by atoms with Crippen LogP contribution in [0.2, 0.25) is 0 Å². The summed E-state index contributed by atoms with van der Waals surface area (Å²) in [6.07, 6.45) is 3.88. The number of rotatable bonds is 6. The van der Waals surface area contributed by atoms with Gasteiger partial charge in [-0.2, -0.15) is 10.1 Å². The highest BCUT2D eigenvalue weighted by molar-refractivity contribution is 9.10. The predicted molar refractivity (Wildman–Crippen MR) is 80.6 cm³/mol. The van der Waals surface area contributed by atoms with Crippen LogP contribution in [0.25, 0.3) is 0 Å². The van der Waals surface area contributed by atoms with Crippen molar-refractivity contribution in [1.82, 2.24) is 15.2 Å². The molecule has 5 nitrogen and oxygen atoms in total. The van der Waals surface area contributed by atoms with Crippen LogP contribution in [-0.4, -0.2) is 21.7 Å². The number of halogens is 1. The minimum atomic E-state index is 0.486. The summed E-state index contributed by atoms with van der Waals surface area (Å²) in [5.41, 5.74) is 0.918. The Labute approximate surface area is 121 Å². The fourth-order valence-corrected chi connectivity index (χ4v) is 1.93. The highest BCUT2D eigenvalue weighted by atomic mass is 79.9. The number of unbranched alkanes of at least 4 members (excludes halogenated alkanes) is 1. The summed E-state index contributed by atoms with van der Waals surface area (Å²) in [4.78, 5) is 4.36. The molecule has 1 heterocycles. The second-order valence-corrected chi connectivity index (χ2v) is 5.00. The van der Waals surface area contributed by atoms with E-state index in [1.807, 2.05) is 24.3 Å². The largest absolute Gasteiger partial charge is 0.369 e. The fraction of sp³-hybridized carbons (Fsp3) is 0.308. The summed E-state index contributed by atoms with van der Waals surface area (Å²) in [5.74, 6) is 1.22. The van der Waals surface area contributed by atoms with Gasteiger partial charge in [-0.25, -0.2) is 0 Å². The molecule has 0 radical (unpaired) electrons. The first-order chi connectivity index (χ1) is 9.28. The maximum atomic E-state index is 4.36. The van der Waals surface area contributed by atoms with E-state index in [1.165, 1.54) is 0 Å². The van der Waals surface area contributed by atoms with E-state index in [4.69, 9.17) is 0 Å². The molecule has 0 saturated carbocycles. The summed E-state index contributed by atoms with van der Waals surface area (Å²) in [6.45, 7) is 3.05. The van der Waals surface area contributed by atoms with Crippen molar-refractivity contribution in [2.45, 2.75) is 19.8 Å². The van der Waals surface area contributed by atoms with Gasteiger partial charge in [0.1, 0.15) is 0 Å². The second-order valence-electron chi connectivity index (χ2n) is 4.08. The van der Waals surface area contributed by atoms with E-state index in [2.05, 4.69) is 48.7 Å². The first-order valence-electron chi connectivity index (χ1n) is 6.24. The molecule has 2 aromatic rings. The molecule has 0 atom stereocenters. The smallest absolute Gasteiger partial charge is 0.249 e. The lowest BCUT2D eigenvalue weighted by molar-refractivity contribution is 0.827. The van der Waals surface area contributed by atoms with E-state index < -0.39 is 0 Å². The van der Waals surface area contributed by atoms with Gasteiger partial charge in [-0.1, -0.05) is 35.3 Å². The maximum absolute atomic E-state index is 4.36. The zero-order valence-corrected chi connectivity index (χ0v) is 12.3.